The summed E-state index contributed by atoms with van der Waals surface area (Å²) < 4.78 is 0. The van der Waals surface area contributed by atoms with Crippen LogP contribution in [0.4, 0.5) is 0 Å². The van der Waals surface area contributed by atoms with E-state index >= 15 is 0 Å². The molecule has 0 bridgehead atoms. The number of allylic oxidation sites excluding steroid dienone is 2. The first-order chi connectivity index (χ1) is 9.94. The number of hydrogen-bond acceptors (Lipinski definition) is 3. The molecular formula is C16H21NO3S. The highest BCUT2D eigenvalue weighted by Crippen LogP contribution is 2.35. The zero-order chi connectivity index (χ0) is 15.5. The number of carboxylic acid groups (broad SMARTS) is 1. The van der Waals surface area contributed by atoms with Gasteiger partial charge in [0.25, 0.3) is 5.91 Å². The van der Waals surface area contributed by atoms with Gasteiger partial charge in [-0.05, 0) is 44.6 Å². The maximum Gasteiger partial charge on any atom is 0.311 e. The van der Waals surface area contributed by atoms with Gasteiger partial charge in [-0.1, -0.05) is 11.6 Å². The Labute approximate surface area is 129 Å². The number of piperidine rings is 1. The molecule has 0 aliphatic carbocycles. The fraction of sp³-hybridized carbons (Fsp3) is 0.500. The lowest BCUT2D eigenvalue weighted by atomic mass is 9.76. The van der Waals surface area contributed by atoms with Crippen LogP contribution in [-0.4, -0.2) is 35.0 Å². The first-order valence-electron chi connectivity index (χ1n) is 7.13. The van der Waals surface area contributed by atoms with E-state index in [0.717, 1.165) is 12.0 Å². The van der Waals surface area contributed by atoms with Gasteiger partial charge in [0.05, 0.1) is 11.0 Å². The molecule has 0 radical (unpaired) electrons. The molecule has 1 N–H and O–H groups in total. The van der Waals surface area contributed by atoms with Gasteiger partial charge in [0, 0.05) is 18.5 Å². The molecule has 0 unspecified atom stereocenters. The first kappa shape index (κ1) is 15.8. The Morgan fingerprint density at radius 2 is 2.24 bits per heavy atom. The Morgan fingerprint density at radius 3 is 2.81 bits per heavy atom. The van der Waals surface area contributed by atoms with Crippen LogP contribution in [0.15, 0.2) is 28.5 Å². The molecule has 21 heavy (non-hydrogen) atoms. The second-order valence-corrected chi connectivity index (χ2v) is 6.69. The number of thiophene rings is 1. The van der Waals surface area contributed by atoms with Crippen LogP contribution in [0.25, 0.3) is 0 Å². The zero-order valence-corrected chi connectivity index (χ0v) is 13.3. The molecule has 1 atom stereocenters. The predicted octanol–water partition coefficient (Wildman–Crippen LogP) is 3.41. The van der Waals surface area contributed by atoms with Crippen LogP contribution in [0.1, 0.15) is 43.5 Å². The van der Waals surface area contributed by atoms with E-state index in [1.807, 2.05) is 30.7 Å². The Morgan fingerprint density at radius 1 is 1.48 bits per heavy atom. The Balaban J connectivity index is 2.18. The zero-order valence-electron chi connectivity index (χ0n) is 12.5. The summed E-state index contributed by atoms with van der Waals surface area (Å²) in [5.41, 5.74) is 0.918. The Kier molecular flexibility index (Phi) is 4.83. The fourth-order valence-corrected chi connectivity index (χ4v) is 3.33. The third kappa shape index (κ3) is 3.53. The Bertz CT molecular complexity index is 546. The molecule has 1 aromatic rings. The quantitative estimate of drug-likeness (QED) is 0.867. The number of rotatable bonds is 4. The molecule has 4 nitrogen and oxygen atoms in total. The van der Waals surface area contributed by atoms with Crippen LogP contribution < -0.4 is 0 Å². The maximum atomic E-state index is 12.4. The molecule has 0 saturated carbocycles. The van der Waals surface area contributed by atoms with E-state index in [1.165, 1.54) is 11.3 Å². The average Bonchev–Trinajstić information content (AvgIpc) is 2.98. The molecule has 1 aliphatic rings. The number of carbonyl (C=O) groups excluding carboxylic acids is 1. The molecule has 5 heteroatoms. The third-order valence-electron chi connectivity index (χ3n) is 3.99. The van der Waals surface area contributed by atoms with Crippen molar-refractivity contribution < 1.29 is 14.7 Å². The van der Waals surface area contributed by atoms with E-state index in [4.69, 9.17) is 0 Å². The SMILES string of the molecule is CC(C)=CC[C@]1(C(=O)O)CCCN(C(=O)c2ccsc2)C1. The molecule has 1 saturated heterocycles. The lowest BCUT2D eigenvalue weighted by Crippen LogP contribution is -2.49. The van der Waals surface area contributed by atoms with Crippen molar-refractivity contribution >= 4 is 23.2 Å². The highest BCUT2D eigenvalue weighted by Gasteiger charge is 2.42. The second kappa shape index (κ2) is 6.43. The van der Waals surface area contributed by atoms with Gasteiger partial charge in [-0.2, -0.15) is 11.3 Å². The van der Waals surface area contributed by atoms with Crippen molar-refractivity contribution in [3.05, 3.63) is 34.0 Å². The molecular weight excluding hydrogens is 286 g/mol. The number of aliphatic carboxylic acids is 1. The standard InChI is InChI=1S/C16H21NO3S/c1-12(2)4-7-16(15(19)20)6-3-8-17(11-16)14(18)13-5-9-21-10-13/h4-5,9-10H,3,6-8,11H2,1-2H3,(H,19,20)/t16-/m1/s1. The number of amides is 1. The second-order valence-electron chi connectivity index (χ2n) is 5.91. The molecule has 1 amide bonds. The van der Waals surface area contributed by atoms with Crippen LogP contribution in [0.2, 0.25) is 0 Å². The van der Waals surface area contributed by atoms with Crippen molar-refractivity contribution in [3.63, 3.8) is 0 Å². The van der Waals surface area contributed by atoms with Crippen molar-refractivity contribution in [1.82, 2.24) is 4.90 Å². The summed E-state index contributed by atoms with van der Waals surface area (Å²) in [7, 11) is 0. The highest BCUT2D eigenvalue weighted by molar-refractivity contribution is 7.08. The van der Waals surface area contributed by atoms with Crippen molar-refractivity contribution in [1.29, 1.82) is 0 Å². The number of carboxylic acids is 1. The maximum absolute atomic E-state index is 12.4. The van der Waals surface area contributed by atoms with E-state index in [9.17, 15) is 14.7 Å². The summed E-state index contributed by atoms with van der Waals surface area (Å²) in [5.74, 6) is -0.860. The van der Waals surface area contributed by atoms with Crippen LogP contribution in [0.5, 0.6) is 0 Å². The number of carbonyl (C=O) groups is 2. The molecule has 1 fully saturated rings. The summed E-state index contributed by atoms with van der Waals surface area (Å²) in [4.78, 5) is 25.9. The van der Waals surface area contributed by atoms with Gasteiger partial charge >= 0.3 is 5.97 Å². The van der Waals surface area contributed by atoms with Gasteiger partial charge in [-0.3, -0.25) is 9.59 Å². The Hall–Kier alpha value is -1.62. The van der Waals surface area contributed by atoms with Gasteiger partial charge in [-0.15, -0.1) is 0 Å². The van der Waals surface area contributed by atoms with Crippen molar-refractivity contribution in [2.45, 2.75) is 33.1 Å². The summed E-state index contributed by atoms with van der Waals surface area (Å²) in [6, 6.07) is 1.79. The highest BCUT2D eigenvalue weighted by atomic mass is 32.1. The third-order valence-corrected chi connectivity index (χ3v) is 4.67. The van der Waals surface area contributed by atoms with Crippen LogP contribution in [-0.2, 0) is 4.79 Å². The number of hydrogen-bond donors (Lipinski definition) is 1. The summed E-state index contributed by atoms with van der Waals surface area (Å²) in [6.45, 7) is 4.86. The fourth-order valence-electron chi connectivity index (χ4n) is 2.70. The van der Waals surface area contributed by atoms with Crippen LogP contribution >= 0.6 is 11.3 Å². The van der Waals surface area contributed by atoms with E-state index in [0.29, 0.717) is 31.5 Å². The minimum absolute atomic E-state index is 0.0567. The van der Waals surface area contributed by atoms with Crippen LogP contribution in [0, 0.1) is 5.41 Å². The lowest BCUT2D eigenvalue weighted by molar-refractivity contribution is -0.151. The minimum Gasteiger partial charge on any atom is -0.481 e. The van der Waals surface area contributed by atoms with Crippen molar-refractivity contribution in [3.8, 4) is 0 Å². The van der Waals surface area contributed by atoms with Gasteiger partial charge < -0.3 is 10.0 Å². The van der Waals surface area contributed by atoms with Crippen molar-refractivity contribution in [2.24, 2.45) is 5.41 Å². The molecule has 114 valence electrons. The molecule has 1 aliphatic heterocycles. The van der Waals surface area contributed by atoms with Gasteiger partial charge in [-0.25, -0.2) is 0 Å². The van der Waals surface area contributed by atoms with E-state index in [-0.39, 0.29) is 5.91 Å². The monoisotopic (exact) mass is 307 g/mol. The van der Waals surface area contributed by atoms with Gasteiger partial charge in [0.15, 0.2) is 0 Å². The summed E-state index contributed by atoms with van der Waals surface area (Å²) in [5, 5.41) is 13.3. The molecule has 1 aromatic heterocycles. The van der Waals surface area contributed by atoms with Crippen molar-refractivity contribution in [2.75, 3.05) is 13.1 Å². The average molecular weight is 307 g/mol. The first-order valence-corrected chi connectivity index (χ1v) is 8.07. The number of nitrogens with zero attached hydrogens (tertiary/aromatic N) is 1. The molecule has 0 aromatic carbocycles. The number of likely N-dealkylation sites (tertiary alicyclic amines) is 1. The van der Waals surface area contributed by atoms with Crippen LogP contribution in [0.3, 0.4) is 0 Å². The normalized spacial score (nSPS) is 21.9. The smallest absolute Gasteiger partial charge is 0.311 e. The molecule has 0 spiro atoms. The topological polar surface area (TPSA) is 57.6 Å². The van der Waals surface area contributed by atoms with Gasteiger partial charge in [0.2, 0.25) is 0 Å². The minimum atomic E-state index is -0.846. The molecule has 2 heterocycles. The van der Waals surface area contributed by atoms with E-state index in [2.05, 4.69) is 0 Å². The lowest BCUT2D eigenvalue weighted by Gasteiger charge is -2.39. The largest absolute Gasteiger partial charge is 0.481 e. The predicted molar refractivity (Wildman–Crippen MR) is 83.6 cm³/mol. The summed E-state index contributed by atoms with van der Waals surface area (Å²) in [6.07, 6.45) is 3.81. The van der Waals surface area contributed by atoms with E-state index < -0.39 is 11.4 Å². The summed E-state index contributed by atoms with van der Waals surface area (Å²) >= 11 is 1.48. The van der Waals surface area contributed by atoms with Gasteiger partial charge in [0.1, 0.15) is 0 Å². The molecule has 2 rings (SSSR count). The van der Waals surface area contributed by atoms with E-state index in [1.54, 1.807) is 11.0 Å².